The van der Waals surface area contributed by atoms with Gasteiger partial charge in [0, 0.05) is 12.1 Å². The Bertz CT molecular complexity index is 856. The summed E-state index contributed by atoms with van der Waals surface area (Å²) in [6.45, 7) is 3.55. The fourth-order valence-corrected chi connectivity index (χ4v) is 2.26. The number of aromatic nitrogens is 3. The van der Waals surface area contributed by atoms with E-state index < -0.39 is 5.97 Å². The molecule has 3 aromatic rings. The van der Waals surface area contributed by atoms with E-state index in [1.807, 2.05) is 0 Å². The third-order valence-corrected chi connectivity index (χ3v) is 3.05. The number of hydrogen-bond acceptors (Lipinski definition) is 5. The zero-order chi connectivity index (χ0) is 14.3. The summed E-state index contributed by atoms with van der Waals surface area (Å²) in [5, 5.41) is 4.15. The molecule has 0 fully saturated rings. The first kappa shape index (κ1) is 12.5. The summed E-state index contributed by atoms with van der Waals surface area (Å²) >= 11 is 0. The maximum absolute atomic E-state index is 12.3. The van der Waals surface area contributed by atoms with Gasteiger partial charge < -0.3 is 9.15 Å². The summed E-state index contributed by atoms with van der Waals surface area (Å²) in [7, 11) is 0. The third-order valence-electron chi connectivity index (χ3n) is 3.05. The van der Waals surface area contributed by atoms with Gasteiger partial charge in [0.25, 0.3) is 5.56 Å². The number of carbonyl (C=O) groups is 1. The minimum atomic E-state index is -0.485. The standard InChI is InChI=1S/C13H13N3O4/c1-3-19-12(17)7-15-13(18)10-6-11-9(4-5-20-11)16(10)8(2)14-15/h4-6H,3,7H2,1-2H3. The van der Waals surface area contributed by atoms with Gasteiger partial charge in [0.1, 0.15) is 17.9 Å². The Hall–Kier alpha value is -2.57. The number of rotatable bonds is 3. The van der Waals surface area contributed by atoms with Gasteiger partial charge in [-0.3, -0.25) is 14.0 Å². The molecule has 0 aliphatic carbocycles. The Kier molecular flexibility index (Phi) is 2.81. The summed E-state index contributed by atoms with van der Waals surface area (Å²) in [6.07, 6.45) is 1.56. The summed E-state index contributed by atoms with van der Waals surface area (Å²) in [5.41, 5.74) is 1.47. The molecule has 3 aromatic heterocycles. The fourth-order valence-electron chi connectivity index (χ4n) is 2.26. The predicted molar refractivity (Wildman–Crippen MR) is 70.6 cm³/mol. The molecule has 0 N–H and O–H groups in total. The number of furan rings is 1. The van der Waals surface area contributed by atoms with Crippen LogP contribution in [0.2, 0.25) is 0 Å². The van der Waals surface area contributed by atoms with Crippen molar-refractivity contribution in [1.29, 1.82) is 0 Å². The van der Waals surface area contributed by atoms with Crippen molar-refractivity contribution in [2.45, 2.75) is 20.4 Å². The highest BCUT2D eigenvalue weighted by Crippen LogP contribution is 2.19. The lowest BCUT2D eigenvalue weighted by molar-refractivity contribution is -0.144. The Morgan fingerprint density at radius 1 is 1.45 bits per heavy atom. The molecule has 7 heteroatoms. The molecule has 0 aromatic carbocycles. The van der Waals surface area contributed by atoms with Gasteiger partial charge in [-0.25, -0.2) is 4.68 Å². The second-order valence-electron chi connectivity index (χ2n) is 4.35. The average Bonchev–Trinajstić information content (AvgIpc) is 2.95. The molecule has 20 heavy (non-hydrogen) atoms. The molecular formula is C13H13N3O4. The molecule has 104 valence electrons. The topological polar surface area (TPSA) is 78.7 Å². The zero-order valence-electron chi connectivity index (χ0n) is 11.1. The lowest BCUT2D eigenvalue weighted by Gasteiger charge is -2.07. The SMILES string of the molecule is CCOC(=O)Cn1nc(C)n2c(cc3occc32)c1=O. The first-order valence-electron chi connectivity index (χ1n) is 6.24. The molecule has 0 radical (unpaired) electrons. The molecule has 0 unspecified atom stereocenters. The number of nitrogens with zero attached hydrogens (tertiary/aromatic N) is 3. The number of esters is 1. The van der Waals surface area contributed by atoms with E-state index in [1.54, 1.807) is 36.6 Å². The van der Waals surface area contributed by atoms with Gasteiger partial charge in [-0.05, 0) is 13.8 Å². The Morgan fingerprint density at radius 2 is 2.25 bits per heavy atom. The van der Waals surface area contributed by atoms with Gasteiger partial charge in [0.05, 0.1) is 18.4 Å². The van der Waals surface area contributed by atoms with E-state index in [0.717, 1.165) is 10.2 Å². The molecule has 0 aliphatic rings. The van der Waals surface area contributed by atoms with Crippen molar-refractivity contribution in [2.75, 3.05) is 6.61 Å². The minimum absolute atomic E-state index is 0.198. The van der Waals surface area contributed by atoms with Crippen LogP contribution in [0.25, 0.3) is 16.6 Å². The molecule has 0 saturated carbocycles. The lowest BCUT2D eigenvalue weighted by atomic mass is 10.5. The van der Waals surface area contributed by atoms with Crippen LogP contribution in [0.5, 0.6) is 0 Å². The monoisotopic (exact) mass is 275 g/mol. The van der Waals surface area contributed by atoms with E-state index in [0.29, 0.717) is 16.9 Å². The number of ether oxygens (including phenoxy) is 1. The highest BCUT2D eigenvalue weighted by Gasteiger charge is 2.15. The van der Waals surface area contributed by atoms with Crippen LogP contribution in [0, 0.1) is 6.92 Å². The van der Waals surface area contributed by atoms with Crippen molar-refractivity contribution in [3.05, 3.63) is 34.6 Å². The summed E-state index contributed by atoms with van der Waals surface area (Å²) in [4.78, 5) is 23.8. The van der Waals surface area contributed by atoms with Crippen LogP contribution in [-0.4, -0.2) is 26.8 Å². The number of carbonyl (C=O) groups excluding carboxylic acids is 1. The van der Waals surface area contributed by atoms with Crippen molar-refractivity contribution >= 4 is 22.6 Å². The first-order chi connectivity index (χ1) is 9.61. The number of aryl methyl sites for hydroxylation is 1. The van der Waals surface area contributed by atoms with E-state index >= 15 is 0 Å². The van der Waals surface area contributed by atoms with Crippen molar-refractivity contribution < 1.29 is 13.9 Å². The summed E-state index contributed by atoms with van der Waals surface area (Å²) in [5.74, 6) is 0.112. The Morgan fingerprint density at radius 3 is 3.00 bits per heavy atom. The maximum atomic E-state index is 12.3. The molecule has 0 spiro atoms. The van der Waals surface area contributed by atoms with Crippen LogP contribution < -0.4 is 5.56 Å². The van der Waals surface area contributed by atoms with Crippen LogP contribution in [0.4, 0.5) is 0 Å². The third kappa shape index (κ3) is 1.78. The molecule has 0 atom stereocenters. The van der Waals surface area contributed by atoms with Crippen LogP contribution in [-0.2, 0) is 16.1 Å². The molecule has 0 saturated heterocycles. The highest BCUT2D eigenvalue weighted by molar-refractivity contribution is 5.82. The first-order valence-corrected chi connectivity index (χ1v) is 6.24. The summed E-state index contributed by atoms with van der Waals surface area (Å²) < 4.78 is 12.9. The van der Waals surface area contributed by atoms with Gasteiger partial charge in [-0.1, -0.05) is 0 Å². The number of fused-ring (bicyclic) bond motifs is 3. The smallest absolute Gasteiger partial charge is 0.327 e. The van der Waals surface area contributed by atoms with Crippen molar-refractivity contribution in [2.24, 2.45) is 0 Å². The minimum Gasteiger partial charge on any atom is -0.465 e. The molecule has 0 amide bonds. The molecule has 7 nitrogen and oxygen atoms in total. The number of hydrogen-bond donors (Lipinski definition) is 0. The highest BCUT2D eigenvalue weighted by atomic mass is 16.5. The second kappa shape index (κ2) is 4.52. The zero-order valence-corrected chi connectivity index (χ0v) is 11.1. The Labute approximate surface area is 113 Å². The quantitative estimate of drug-likeness (QED) is 0.669. The van der Waals surface area contributed by atoms with Gasteiger partial charge in [-0.15, -0.1) is 0 Å². The molecule has 3 heterocycles. The van der Waals surface area contributed by atoms with Gasteiger partial charge >= 0.3 is 5.97 Å². The van der Waals surface area contributed by atoms with E-state index in [1.165, 1.54) is 0 Å². The maximum Gasteiger partial charge on any atom is 0.327 e. The molecule has 0 bridgehead atoms. The van der Waals surface area contributed by atoms with Crippen LogP contribution >= 0.6 is 0 Å². The molecule has 0 aliphatic heterocycles. The van der Waals surface area contributed by atoms with E-state index in [2.05, 4.69) is 5.10 Å². The normalized spacial score (nSPS) is 11.3. The Balaban J connectivity index is 2.18. The molecule has 3 rings (SSSR count). The second-order valence-corrected chi connectivity index (χ2v) is 4.35. The largest absolute Gasteiger partial charge is 0.465 e. The van der Waals surface area contributed by atoms with Crippen molar-refractivity contribution in [3.8, 4) is 0 Å². The van der Waals surface area contributed by atoms with Gasteiger partial charge in [0.15, 0.2) is 5.58 Å². The van der Waals surface area contributed by atoms with Gasteiger partial charge in [-0.2, -0.15) is 5.10 Å². The lowest BCUT2D eigenvalue weighted by Crippen LogP contribution is -2.30. The average molecular weight is 275 g/mol. The van der Waals surface area contributed by atoms with E-state index in [9.17, 15) is 9.59 Å². The fraction of sp³-hybridized carbons (Fsp3) is 0.308. The van der Waals surface area contributed by atoms with Crippen LogP contribution in [0.3, 0.4) is 0 Å². The molecular weight excluding hydrogens is 262 g/mol. The van der Waals surface area contributed by atoms with Crippen LogP contribution in [0.15, 0.2) is 27.6 Å². The van der Waals surface area contributed by atoms with Crippen LogP contribution in [0.1, 0.15) is 12.7 Å². The van der Waals surface area contributed by atoms with Crippen molar-refractivity contribution in [3.63, 3.8) is 0 Å². The van der Waals surface area contributed by atoms with Crippen molar-refractivity contribution in [1.82, 2.24) is 14.2 Å². The predicted octanol–water partition coefficient (Wildman–Crippen LogP) is 1.11. The van der Waals surface area contributed by atoms with Gasteiger partial charge in [0.2, 0.25) is 0 Å². The summed E-state index contributed by atoms with van der Waals surface area (Å²) in [6, 6.07) is 3.42. The van der Waals surface area contributed by atoms with E-state index in [-0.39, 0.29) is 18.7 Å². The van der Waals surface area contributed by atoms with E-state index in [4.69, 9.17) is 9.15 Å².